The summed E-state index contributed by atoms with van der Waals surface area (Å²) in [6.07, 6.45) is 63.7. The molecule has 0 bridgehead atoms. The molecule has 0 saturated heterocycles. The minimum atomic E-state index is -2.64. The molecule has 1 radical (unpaired) electrons. The minimum absolute atomic E-state index is 0. The Balaban J connectivity index is -0.000000441. The van der Waals surface area contributed by atoms with Crippen molar-refractivity contribution in [1.29, 1.82) is 0 Å². The van der Waals surface area contributed by atoms with Crippen molar-refractivity contribution in [2.75, 3.05) is 19.8 Å². The van der Waals surface area contributed by atoms with E-state index < -0.39 is 24.8 Å². The molecule has 3 unspecified atom stereocenters. The van der Waals surface area contributed by atoms with Crippen LogP contribution in [0.5, 0.6) is 0 Å². The zero-order valence-electron chi connectivity index (χ0n) is 44.5. The Labute approximate surface area is 430 Å². The van der Waals surface area contributed by atoms with Gasteiger partial charge in [-0.1, -0.05) is 310 Å². The number of unbranched alkanes of at least 4 members (excludes halogenated alkanes) is 45. The van der Waals surface area contributed by atoms with Crippen LogP contribution in [0.3, 0.4) is 0 Å². The Kier molecular flexibility index (Phi) is 78.4. The van der Waals surface area contributed by atoms with Crippen molar-refractivity contribution in [1.82, 2.24) is 0 Å². The number of hydrogen-bond acceptors (Lipinski definition) is 9. The average molecular weight is 1050 g/mol. The summed E-state index contributed by atoms with van der Waals surface area (Å²) in [5, 5.41) is 0. The Bertz CT molecular complexity index is 825. The molecule has 0 aliphatic heterocycles. The molecule has 0 spiro atoms. The predicted octanol–water partition coefficient (Wildman–Crippen LogP) is 18.8. The van der Waals surface area contributed by atoms with Gasteiger partial charge in [0.1, 0.15) is 19.8 Å². The van der Waals surface area contributed by atoms with E-state index in [1.165, 1.54) is 270 Å². The molecule has 9 nitrogen and oxygen atoms in total. The van der Waals surface area contributed by atoms with E-state index >= 15 is 0 Å². The molecular weight excluding hydrogens is 938 g/mol. The monoisotopic (exact) mass is 1050 g/mol. The van der Waals surface area contributed by atoms with Gasteiger partial charge < -0.3 is 14.7 Å². The van der Waals surface area contributed by atoms with Crippen molar-refractivity contribution >= 4 is 24.8 Å². The van der Waals surface area contributed by atoms with Crippen LogP contribution < -0.4 is 14.7 Å². The zero-order chi connectivity index (χ0) is 48.9. The van der Waals surface area contributed by atoms with E-state index in [1.54, 1.807) is 0 Å². The molecule has 3 atom stereocenters. The summed E-state index contributed by atoms with van der Waals surface area (Å²) in [5.74, 6) is 0. The number of hydrogen-bond donors (Lipinski definition) is 0. The SMILES string of the molecule is CCCCCCCCCCCCCCCCCCO[P+](=O)[O-].CCCCCCCCCCCCCCCCCCO[P+](=O)[O-].CCCCCCCCCCCCCCCCCCO[P+](=O)[O-].[Cr+3]. The quantitative estimate of drug-likeness (QED) is 0.0429. The summed E-state index contributed by atoms with van der Waals surface area (Å²) in [7, 11) is -7.93. The molecule has 0 aliphatic rings. The van der Waals surface area contributed by atoms with Crippen molar-refractivity contribution in [3.8, 4) is 0 Å². The molecule has 0 fully saturated rings. The fourth-order valence-corrected chi connectivity index (χ4v) is 9.20. The van der Waals surface area contributed by atoms with Crippen molar-refractivity contribution in [2.24, 2.45) is 0 Å². The third kappa shape index (κ3) is 83.8. The van der Waals surface area contributed by atoms with Gasteiger partial charge in [-0.05, 0) is 33.0 Å². The standard InChI is InChI=1S/3C18H37O3P.Cr/c3*1-2-3-4-5-6-7-8-9-10-11-12-13-14-15-16-17-18-21-22(19)20;/h3*2-18H2,1H3;/q;;;+3. The second-order valence-electron chi connectivity index (χ2n) is 19.1. The van der Waals surface area contributed by atoms with Crippen molar-refractivity contribution in [2.45, 2.75) is 329 Å². The van der Waals surface area contributed by atoms with E-state index in [0.717, 1.165) is 38.5 Å². The summed E-state index contributed by atoms with van der Waals surface area (Å²) in [5.41, 5.74) is 0. The van der Waals surface area contributed by atoms with Crippen LogP contribution in [0.1, 0.15) is 329 Å². The van der Waals surface area contributed by atoms with E-state index in [2.05, 4.69) is 34.3 Å². The van der Waals surface area contributed by atoms with Crippen LogP contribution >= 0.6 is 24.8 Å². The van der Waals surface area contributed by atoms with Crippen molar-refractivity contribution in [3.63, 3.8) is 0 Å². The largest absolute Gasteiger partial charge is 3.00 e. The molecule has 0 aromatic heterocycles. The van der Waals surface area contributed by atoms with Gasteiger partial charge in [0.2, 0.25) is 0 Å². The zero-order valence-corrected chi connectivity index (χ0v) is 48.4. The molecule has 0 aliphatic carbocycles. The molecule has 399 valence electrons. The Morgan fingerprint density at radius 1 is 0.224 bits per heavy atom. The Hall–Kier alpha value is 0.592. The van der Waals surface area contributed by atoms with E-state index in [1.807, 2.05) is 0 Å². The van der Waals surface area contributed by atoms with Gasteiger partial charge in [-0.25, -0.2) is 0 Å². The van der Waals surface area contributed by atoms with Gasteiger partial charge in [0, 0.05) is 0 Å². The fraction of sp³-hybridized carbons (Fsp3) is 1.00. The van der Waals surface area contributed by atoms with Crippen LogP contribution in [-0.4, -0.2) is 19.8 Å². The molecule has 0 rings (SSSR count). The first-order valence-corrected chi connectivity index (χ1v) is 31.9. The predicted molar refractivity (Wildman–Crippen MR) is 279 cm³/mol. The van der Waals surface area contributed by atoms with Crippen molar-refractivity contribution in [3.05, 3.63) is 0 Å². The maximum Gasteiger partial charge on any atom is 3.00 e. The maximum atomic E-state index is 10.2. The minimum Gasteiger partial charge on any atom is -0.566 e. The second kappa shape index (κ2) is 70.8. The van der Waals surface area contributed by atoms with Gasteiger partial charge in [0.05, 0.1) is 0 Å². The first kappa shape index (κ1) is 74.1. The van der Waals surface area contributed by atoms with Crippen molar-refractivity contribution < 1.29 is 59.3 Å². The topological polar surface area (TPSA) is 148 Å². The summed E-state index contributed by atoms with van der Waals surface area (Å²) in [6.45, 7) is 7.89. The molecule has 13 heteroatoms. The van der Waals surface area contributed by atoms with E-state index in [-0.39, 0.29) is 17.4 Å². The molecule has 0 aromatic rings. The normalized spacial score (nSPS) is 11.6. The van der Waals surface area contributed by atoms with Crippen LogP contribution in [0.25, 0.3) is 0 Å². The molecular formula is C54H111CrO9P3+3. The van der Waals surface area contributed by atoms with Crippen LogP contribution in [0.4, 0.5) is 0 Å². The molecule has 0 heterocycles. The summed E-state index contributed by atoms with van der Waals surface area (Å²) < 4.78 is 44.1. The maximum absolute atomic E-state index is 10.2. The van der Waals surface area contributed by atoms with Gasteiger partial charge in [-0.3, -0.25) is 0 Å². The molecule has 0 amide bonds. The second-order valence-corrected chi connectivity index (χ2v) is 21.2. The van der Waals surface area contributed by atoms with E-state index in [9.17, 15) is 28.4 Å². The van der Waals surface area contributed by atoms with Gasteiger partial charge in [-0.15, -0.1) is 13.6 Å². The first-order valence-electron chi connectivity index (χ1n) is 28.6. The average Bonchev–Trinajstić information content (AvgIpc) is 3.29. The van der Waals surface area contributed by atoms with Crippen LogP contribution in [0, 0.1) is 0 Å². The van der Waals surface area contributed by atoms with Crippen LogP contribution in [-0.2, 0) is 44.6 Å². The summed E-state index contributed by atoms with van der Waals surface area (Å²) >= 11 is 0. The first-order chi connectivity index (χ1) is 32.3. The third-order valence-electron chi connectivity index (χ3n) is 12.6. The van der Waals surface area contributed by atoms with Crippen LogP contribution in [0.2, 0.25) is 0 Å². The molecule has 67 heavy (non-hydrogen) atoms. The van der Waals surface area contributed by atoms with E-state index in [4.69, 9.17) is 0 Å². The fourth-order valence-electron chi connectivity index (χ4n) is 8.37. The smallest absolute Gasteiger partial charge is 0.566 e. The Morgan fingerprint density at radius 2 is 0.328 bits per heavy atom. The summed E-state index contributed by atoms with van der Waals surface area (Å²) in [6, 6.07) is 0. The molecule has 0 aromatic carbocycles. The number of rotatable bonds is 54. The van der Waals surface area contributed by atoms with Gasteiger partial charge in [-0.2, -0.15) is 0 Å². The Morgan fingerprint density at radius 3 is 0.433 bits per heavy atom. The van der Waals surface area contributed by atoms with Gasteiger partial charge in [0.25, 0.3) is 0 Å². The molecule has 0 saturated carbocycles. The third-order valence-corrected chi connectivity index (χ3v) is 13.8. The summed E-state index contributed by atoms with van der Waals surface area (Å²) in [4.78, 5) is 30.5. The van der Waals surface area contributed by atoms with Gasteiger partial charge >= 0.3 is 42.1 Å². The molecule has 0 N–H and O–H groups in total. The van der Waals surface area contributed by atoms with Gasteiger partial charge in [0.15, 0.2) is 0 Å². The van der Waals surface area contributed by atoms with Crippen LogP contribution in [0.15, 0.2) is 0 Å². The van der Waals surface area contributed by atoms with E-state index in [0.29, 0.717) is 19.8 Å².